The van der Waals surface area contributed by atoms with E-state index in [4.69, 9.17) is 4.74 Å². The second-order valence-electron chi connectivity index (χ2n) is 6.82. The highest BCUT2D eigenvalue weighted by atomic mass is 16.5. The summed E-state index contributed by atoms with van der Waals surface area (Å²) in [5, 5.41) is 20.2. The van der Waals surface area contributed by atoms with E-state index < -0.39 is 5.41 Å². The zero-order chi connectivity index (χ0) is 19.4. The standard InChI is InChI=1S/C22H23N3O2/c1-4-15-10-16-8-9-17(11-20(16)25-21(15)27-3)22(2,14-23)12-18-6-5-7-19(13-26)24-18/h5-11,26H,4,12-13H2,1-3H3. The van der Waals surface area contributed by atoms with E-state index in [0.29, 0.717) is 18.0 Å². The average molecular weight is 361 g/mol. The van der Waals surface area contributed by atoms with Crippen LogP contribution in [0.2, 0.25) is 0 Å². The van der Waals surface area contributed by atoms with Gasteiger partial charge in [0.15, 0.2) is 0 Å². The third-order valence-electron chi connectivity index (χ3n) is 4.88. The molecule has 2 aromatic heterocycles. The maximum atomic E-state index is 9.91. The topological polar surface area (TPSA) is 79.0 Å². The molecule has 1 N–H and O–H groups in total. The fourth-order valence-electron chi connectivity index (χ4n) is 3.25. The molecule has 0 saturated heterocycles. The lowest BCUT2D eigenvalue weighted by Gasteiger charge is -2.22. The van der Waals surface area contributed by atoms with Crippen molar-refractivity contribution in [3.8, 4) is 11.9 Å². The first kappa shape index (κ1) is 18.8. The third kappa shape index (κ3) is 3.76. The lowest BCUT2D eigenvalue weighted by molar-refractivity contribution is 0.276. The Labute approximate surface area is 159 Å². The van der Waals surface area contributed by atoms with Crippen molar-refractivity contribution in [1.29, 1.82) is 5.26 Å². The van der Waals surface area contributed by atoms with Crippen LogP contribution in [0.3, 0.4) is 0 Å². The van der Waals surface area contributed by atoms with Gasteiger partial charge >= 0.3 is 0 Å². The number of aliphatic hydroxyl groups is 1. The van der Waals surface area contributed by atoms with Gasteiger partial charge in [0.25, 0.3) is 0 Å². The molecule has 0 spiro atoms. The van der Waals surface area contributed by atoms with Crippen LogP contribution in [0.25, 0.3) is 10.9 Å². The molecule has 0 bridgehead atoms. The van der Waals surface area contributed by atoms with Crippen molar-refractivity contribution in [2.75, 3.05) is 7.11 Å². The Kier molecular flexibility index (Phi) is 5.38. The fourth-order valence-corrected chi connectivity index (χ4v) is 3.25. The summed E-state index contributed by atoms with van der Waals surface area (Å²) in [4.78, 5) is 9.05. The zero-order valence-electron chi connectivity index (χ0n) is 15.9. The molecule has 5 nitrogen and oxygen atoms in total. The Bertz CT molecular complexity index is 1010. The van der Waals surface area contributed by atoms with Crippen molar-refractivity contribution in [2.45, 2.75) is 38.7 Å². The number of methoxy groups -OCH3 is 1. The highest BCUT2D eigenvalue weighted by molar-refractivity contribution is 5.81. The highest BCUT2D eigenvalue weighted by Crippen LogP contribution is 2.31. The quantitative estimate of drug-likeness (QED) is 0.724. The van der Waals surface area contributed by atoms with E-state index in [1.54, 1.807) is 13.2 Å². The molecule has 0 amide bonds. The van der Waals surface area contributed by atoms with Gasteiger partial charge in [-0.05, 0) is 43.2 Å². The van der Waals surface area contributed by atoms with E-state index in [9.17, 15) is 10.4 Å². The maximum absolute atomic E-state index is 9.91. The summed E-state index contributed by atoms with van der Waals surface area (Å²) in [6.07, 6.45) is 1.30. The molecular formula is C22H23N3O2. The lowest BCUT2D eigenvalue weighted by atomic mass is 9.79. The molecule has 0 aliphatic carbocycles. The molecule has 1 unspecified atom stereocenters. The SMILES string of the molecule is CCc1cc2ccc(C(C)(C#N)Cc3cccc(CO)n3)cc2nc1OC. The van der Waals surface area contributed by atoms with E-state index >= 15 is 0 Å². The molecule has 5 heteroatoms. The number of rotatable bonds is 6. The summed E-state index contributed by atoms with van der Waals surface area (Å²) in [6, 6.07) is 16.0. The highest BCUT2D eigenvalue weighted by Gasteiger charge is 2.28. The second-order valence-corrected chi connectivity index (χ2v) is 6.82. The minimum Gasteiger partial charge on any atom is -0.481 e. The van der Waals surface area contributed by atoms with Crippen LogP contribution in [0, 0.1) is 11.3 Å². The van der Waals surface area contributed by atoms with Gasteiger partial charge in [0.05, 0.1) is 36.4 Å². The van der Waals surface area contributed by atoms with Crippen molar-refractivity contribution in [3.63, 3.8) is 0 Å². The van der Waals surface area contributed by atoms with Crippen molar-refractivity contribution in [3.05, 3.63) is 65.0 Å². The molecule has 27 heavy (non-hydrogen) atoms. The Morgan fingerprint density at radius 2 is 1.93 bits per heavy atom. The monoisotopic (exact) mass is 361 g/mol. The summed E-state index contributed by atoms with van der Waals surface area (Å²) >= 11 is 0. The van der Waals surface area contributed by atoms with Gasteiger partial charge in [-0.3, -0.25) is 4.98 Å². The predicted molar refractivity (Wildman–Crippen MR) is 105 cm³/mol. The number of aromatic nitrogens is 2. The van der Waals surface area contributed by atoms with Gasteiger partial charge in [-0.2, -0.15) is 5.26 Å². The number of hydrogen-bond donors (Lipinski definition) is 1. The normalized spacial score (nSPS) is 13.1. The molecule has 1 atom stereocenters. The molecule has 1 aromatic carbocycles. The van der Waals surface area contributed by atoms with Crippen LogP contribution in [-0.2, 0) is 24.9 Å². The van der Waals surface area contributed by atoms with Crippen LogP contribution < -0.4 is 4.74 Å². The maximum Gasteiger partial charge on any atom is 0.216 e. The van der Waals surface area contributed by atoms with Crippen molar-refractivity contribution in [2.24, 2.45) is 0 Å². The zero-order valence-corrected chi connectivity index (χ0v) is 15.9. The van der Waals surface area contributed by atoms with Gasteiger partial charge in [-0.25, -0.2) is 4.98 Å². The molecule has 0 radical (unpaired) electrons. The second kappa shape index (κ2) is 7.73. The van der Waals surface area contributed by atoms with Gasteiger partial charge < -0.3 is 9.84 Å². The molecule has 0 aliphatic rings. The summed E-state index contributed by atoms with van der Waals surface area (Å²) < 4.78 is 5.41. The molecule has 0 fully saturated rings. The smallest absolute Gasteiger partial charge is 0.216 e. The van der Waals surface area contributed by atoms with Gasteiger partial charge in [0, 0.05) is 23.1 Å². The Morgan fingerprint density at radius 1 is 1.15 bits per heavy atom. The molecular weight excluding hydrogens is 338 g/mol. The number of aryl methyl sites for hydroxylation is 1. The molecule has 138 valence electrons. The van der Waals surface area contributed by atoms with Crippen LogP contribution in [0.1, 0.15) is 36.4 Å². The van der Waals surface area contributed by atoms with Crippen molar-refractivity contribution in [1.82, 2.24) is 9.97 Å². The minimum atomic E-state index is -0.756. The van der Waals surface area contributed by atoms with Gasteiger partial charge in [0.2, 0.25) is 5.88 Å². The Hall–Kier alpha value is -2.97. The third-order valence-corrected chi connectivity index (χ3v) is 4.88. The first-order chi connectivity index (χ1) is 13.0. The number of aliphatic hydroxyl groups excluding tert-OH is 1. The van der Waals surface area contributed by atoms with E-state index in [-0.39, 0.29) is 6.61 Å². The number of nitriles is 1. The molecule has 0 aliphatic heterocycles. The summed E-state index contributed by atoms with van der Waals surface area (Å²) in [5.74, 6) is 0.623. The molecule has 2 heterocycles. The minimum absolute atomic E-state index is 0.115. The summed E-state index contributed by atoms with van der Waals surface area (Å²) in [6.45, 7) is 3.86. The van der Waals surface area contributed by atoms with E-state index in [0.717, 1.165) is 34.1 Å². The van der Waals surface area contributed by atoms with Crippen LogP contribution in [-0.4, -0.2) is 22.2 Å². The fraction of sp³-hybridized carbons (Fsp3) is 0.318. The molecule has 3 aromatic rings. The average Bonchev–Trinajstić information content (AvgIpc) is 2.72. The number of pyridine rings is 2. The predicted octanol–water partition coefficient (Wildman–Crippen LogP) is 3.72. The Balaban J connectivity index is 2.03. The van der Waals surface area contributed by atoms with Gasteiger partial charge in [0.1, 0.15) is 0 Å². The van der Waals surface area contributed by atoms with Gasteiger partial charge in [-0.15, -0.1) is 0 Å². The summed E-state index contributed by atoms with van der Waals surface area (Å²) in [5.41, 5.74) is 3.37. The number of ether oxygens (including phenoxy) is 1. The number of hydrogen-bond acceptors (Lipinski definition) is 5. The Morgan fingerprint density at radius 3 is 2.59 bits per heavy atom. The number of fused-ring (bicyclic) bond motifs is 1. The van der Waals surface area contributed by atoms with E-state index in [2.05, 4.69) is 29.0 Å². The van der Waals surface area contributed by atoms with Gasteiger partial charge in [-0.1, -0.05) is 25.1 Å². The number of nitrogens with zero attached hydrogens (tertiary/aromatic N) is 3. The van der Waals surface area contributed by atoms with E-state index in [1.165, 1.54) is 0 Å². The first-order valence-corrected chi connectivity index (χ1v) is 8.98. The van der Waals surface area contributed by atoms with Crippen molar-refractivity contribution < 1.29 is 9.84 Å². The summed E-state index contributed by atoms with van der Waals surface area (Å²) in [7, 11) is 1.62. The van der Waals surface area contributed by atoms with Crippen LogP contribution in [0.5, 0.6) is 5.88 Å². The number of benzene rings is 1. The largest absolute Gasteiger partial charge is 0.481 e. The first-order valence-electron chi connectivity index (χ1n) is 8.98. The van der Waals surface area contributed by atoms with Crippen LogP contribution >= 0.6 is 0 Å². The molecule has 0 saturated carbocycles. The van der Waals surface area contributed by atoms with Crippen LogP contribution in [0.4, 0.5) is 0 Å². The van der Waals surface area contributed by atoms with Crippen LogP contribution in [0.15, 0.2) is 42.5 Å². The van der Waals surface area contributed by atoms with Crippen molar-refractivity contribution >= 4 is 10.9 Å². The van der Waals surface area contributed by atoms with E-state index in [1.807, 2.05) is 37.3 Å². The molecule has 3 rings (SSSR count). The lowest BCUT2D eigenvalue weighted by Crippen LogP contribution is -2.23.